The lowest BCUT2D eigenvalue weighted by atomic mass is 10.0. The van der Waals surface area contributed by atoms with E-state index in [1.54, 1.807) is 24.0 Å². The fraction of sp³-hybridized carbons (Fsp3) is 0.500. The van der Waals surface area contributed by atoms with Crippen LogP contribution in [0, 0.1) is 5.92 Å². The first-order valence-electron chi connectivity index (χ1n) is 6.02. The van der Waals surface area contributed by atoms with Gasteiger partial charge >= 0.3 is 0 Å². The molecule has 2 rings (SSSR count). The van der Waals surface area contributed by atoms with Gasteiger partial charge in [-0.25, -0.2) is 4.98 Å². The first-order chi connectivity index (χ1) is 8.61. The Bertz CT molecular complexity index is 419. The molecular weight excluding hydrogens is 232 g/mol. The molecule has 2 atom stereocenters. The van der Waals surface area contributed by atoms with Crippen molar-refractivity contribution in [2.75, 3.05) is 18.5 Å². The van der Waals surface area contributed by atoms with Gasteiger partial charge in [0, 0.05) is 19.0 Å². The Hall–Kier alpha value is -1.66. The molecule has 0 aromatic carbocycles. The molecule has 0 radical (unpaired) electrons. The van der Waals surface area contributed by atoms with Crippen LogP contribution in [0.25, 0.3) is 0 Å². The lowest BCUT2D eigenvalue weighted by molar-refractivity contribution is 0.0757. The summed E-state index contributed by atoms with van der Waals surface area (Å²) < 4.78 is 0. The minimum Gasteiger partial charge on any atom is -0.393 e. The van der Waals surface area contributed by atoms with E-state index in [0.717, 1.165) is 6.42 Å². The van der Waals surface area contributed by atoms with Crippen LogP contribution in [-0.2, 0) is 0 Å². The van der Waals surface area contributed by atoms with Crippen LogP contribution in [0.15, 0.2) is 18.3 Å². The number of nitrogens with one attached hydrogen (secondary N) is 1. The van der Waals surface area contributed by atoms with E-state index < -0.39 is 0 Å². The third kappa shape index (κ3) is 2.60. The Morgan fingerprint density at radius 2 is 2.44 bits per heavy atom. The fourth-order valence-electron chi connectivity index (χ4n) is 2.13. The van der Waals surface area contributed by atoms with Gasteiger partial charge in [-0.05, 0) is 25.5 Å². The SMILES string of the molecule is CC(O)C1CCN(C(=O)c2ccc(NN)cn2)C1. The van der Waals surface area contributed by atoms with Crippen molar-refractivity contribution in [2.45, 2.75) is 19.4 Å². The fourth-order valence-corrected chi connectivity index (χ4v) is 2.13. The van der Waals surface area contributed by atoms with Crippen LogP contribution in [0.4, 0.5) is 5.69 Å². The Kier molecular flexibility index (Phi) is 3.78. The van der Waals surface area contributed by atoms with E-state index in [9.17, 15) is 9.90 Å². The van der Waals surface area contributed by atoms with Gasteiger partial charge in [-0.3, -0.25) is 10.6 Å². The van der Waals surface area contributed by atoms with E-state index >= 15 is 0 Å². The molecule has 0 spiro atoms. The van der Waals surface area contributed by atoms with Crippen molar-refractivity contribution >= 4 is 11.6 Å². The van der Waals surface area contributed by atoms with Gasteiger partial charge in [0.05, 0.1) is 18.0 Å². The second kappa shape index (κ2) is 5.32. The normalized spacial score (nSPS) is 20.8. The number of carbonyl (C=O) groups is 1. The standard InChI is InChI=1S/C12H18N4O2/c1-8(17)9-4-5-16(7-9)12(18)11-3-2-10(15-13)6-14-11/h2-3,6,8-9,15,17H,4-5,7,13H2,1H3. The van der Waals surface area contributed by atoms with Gasteiger partial charge < -0.3 is 15.4 Å². The summed E-state index contributed by atoms with van der Waals surface area (Å²) in [6.45, 7) is 3.03. The summed E-state index contributed by atoms with van der Waals surface area (Å²) in [4.78, 5) is 17.9. The van der Waals surface area contributed by atoms with E-state index in [1.165, 1.54) is 6.20 Å². The third-order valence-corrected chi connectivity index (χ3v) is 3.34. The predicted molar refractivity (Wildman–Crippen MR) is 67.7 cm³/mol. The number of anilines is 1. The Balaban J connectivity index is 2.03. The average molecular weight is 250 g/mol. The largest absolute Gasteiger partial charge is 0.393 e. The highest BCUT2D eigenvalue weighted by molar-refractivity contribution is 5.92. The average Bonchev–Trinajstić information content (AvgIpc) is 2.88. The highest BCUT2D eigenvalue weighted by Crippen LogP contribution is 2.21. The molecule has 0 aliphatic carbocycles. The Labute approximate surface area is 106 Å². The summed E-state index contributed by atoms with van der Waals surface area (Å²) in [7, 11) is 0. The molecule has 1 aromatic rings. The number of amides is 1. The van der Waals surface area contributed by atoms with Crippen molar-refractivity contribution in [3.63, 3.8) is 0 Å². The smallest absolute Gasteiger partial charge is 0.272 e. The molecule has 6 heteroatoms. The molecule has 1 saturated heterocycles. The molecule has 0 bridgehead atoms. The molecule has 1 amide bonds. The number of hydrogen-bond donors (Lipinski definition) is 3. The van der Waals surface area contributed by atoms with Gasteiger partial charge in [0.15, 0.2) is 0 Å². The zero-order valence-electron chi connectivity index (χ0n) is 10.3. The zero-order chi connectivity index (χ0) is 13.1. The predicted octanol–water partition coefficient (Wildman–Crippen LogP) is 0.210. The maximum atomic E-state index is 12.1. The summed E-state index contributed by atoms with van der Waals surface area (Å²) in [5.74, 6) is 5.31. The van der Waals surface area contributed by atoms with Crippen molar-refractivity contribution in [3.05, 3.63) is 24.0 Å². The summed E-state index contributed by atoms with van der Waals surface area (Å²) in [5.41, 5.74) is 3.53. The molecular formula is C12H18N4O2. The van der Waals surface area contributed by atoms with Crippen LogP contribution in [-0.4, -0.2) is 40.1 Å². The number of carbonyl (C=O) groups excluding carboxylic acids is 1. The van der Waals surface area contributed by atoms with Crippen LogP contribution in [0.1, 0.15) is 23.8 Å². The van der Waals surface area contributed by atoms with Crippen LogP contribution in [0.2, 0.25) is 0 Å². The molecule has 1 aliphatic rings. The molecule has 0 saturated carbocycles. The number of pyridine rings is 1. The lowest BCUT2D eigenvalue weighted by Gasteiger charge is -2.17. The van der Waals surface area contributed by atoms with E-state index in [0.29, 0.717) is 24.5 Å². The number of aliphatic hydroxyl groups is 1. The molecule has 2 heterocycles. The van der Waals surface area contributed by atoms with Crippen molar-refractivity contribution in [1.82, 2.24) is 9.88 Å². The summed E-state index contributed by atoms with van der Waals surface area (Å²) >= 11 is 0. The van der Waals surface area contributed by atoms with E-state index in [2.05, 4.69) is 10.4 Å². The number of rotatable bonds is 3. The maximum Gasteiger partial charge on any atom is 0.272 e. The molecule has 2 unspecified atom stereocenters. The molecule has 18 heavy (non-hydrogen) atoms. The van der Waals surface area contributed by atoms with Gasteiger partial charge in [0.2, 0.25) is 0 Å². The van der Waals surface area contributed by atoms with Crippen molar-refractivity contribution < 1.29 is 9.90 Å². The van der Waals surface area contributed by atoms with Crippen LogP contribution >= 0.6 is 0 Å². The number of aromatic nitrogens is 1. The number of aliphatic hydroxyl groups excluding tert-OH is 1. The molecule has 4 N–H and O–H groups in total. The minimum absolute atomic E-state index is 0.0956. The number of nitrogen functional groups attached to an aromatic ring is 1. The van der Waals surface area contributed by atoms with Gasteiger partial charge in [0.1, 0.15) is 5.69 Å². The summed E-state index contributed by atoms with van der Waals surface area (Å²) in [5, 5.41) is 9.51. The number of nitrogens with two attached hydrogens (primary N) is 1. The van der Waals surface area contributed by atoms with Crippen LogP contribution in [0.3, 0.4) is 0 Å². The van der Waals surface area contributed by atoms with Gasteiger partial charge in [-0.15, -0.1) is 0 Å². The maximum absolute atomic E-state index is 12.1. The van der Waals surface area contributed by atoms with E-state index in [-0.39, 0.29) is 17.9 Å². The third-order valence-electron chi connectivity index (χ3n) is 3.34. The van der Waals surface area contributed by atoms with Crippen LogP contribution < -0.4 is 11.3 Å². The quantitative estimate of drug-likeness (QED) is 0.527. The van der Waals surface area contributed by atoms with Crippen molar-refractivity contribution in [3.8, 4) is 0 Å². The number of nitrogens with zero attached hydrogens (tertiary/aromatic N) is 2. The van der Waals surface area contributed by atoms with Gasteiger partial charge in [-0.2, -0.15) is 0 Å². The second-order valence-electron chi connectivity index (χ2n) is 4.62. The monoisotopic (exact) mass is 250 g/mol. The number of hydrazine groups is 1. The summed E-state index contributed by atoms with van der Waals surface area (Å²) in [6.07, 6.45) is 1.99. The van der Waals surface area contributed by atoms with Crippen LogP contribution in [0.5, 0.6) is 0 Å². The topological polar surface area (TPSA) is 91.5 Å². The van der Waals surface area contributed by atoms with E-state index in [4.69, 9.17) is 5.84 Å². The van der Waals surface area contributed by atoms with Gasteiger partial charge in [0.25, 0.3) is 5.91 Å². The summed E-state index contributed by atoms with van der Waals surface area (Å²) in [6, 6.07) is 3.36. The Morgan fingerprint density at radius 3 is 2.94 bits per heavy atom. The molecule has 6 nitrogen and oxygen atoms in total. The molecule has 1 aromatic heterocycles. The second-order valence-corrected chi connectivity index (χ2v) is 4.62. The van der Waals surface area contributed by atoms with Crippen molar-refractivity contribution in [2.24, 2.45) is 11.8 Å². The highest BCUT2D eigenvalue weighted by atomic mass is 16.3. The van der Waals surface area contributed by atoms with Crippen molar-refractivity contribution in [1.29, 1.82) is 0 Å². The first kappa shape index (κ1) is 12.8. The number of likely N-dealkylation sites (tertiary alicyclic amines) is 1. The Morgan fingerprint density at radius 1 is 1.67 bits per heavy atom. The lowest BCUT2D eigenvalue weighted by Crippen LogP contribution is -2.31. The zero-order valence-corrected chi connectivity index (χ0v) is 10.3. The van der Waals surface area contributed by atoms with Gasteiger partial charge in [-0.1, -0.05) is 0 Å². The molecule has 98 valence electrons. The number of hydrogen-bond acceptors (Lipinski definition) is 5. The van der Waals surface area contributed by atoms with E-state index in [1.807, 2.05) is 0 Å². The minimum atomic E-state index is -0.375. The first-order valence-corrected chi connectivity index (χ1v) is 6.02. The highest BCUT2D eigenvalue weighted by Gasteiger charge is 2.29. The molecule has 1 fully saturated rings. The molecule has 1 aliphatic heterocycles.